The van der Waals surface area contributed by atoms with Gasteiger partial charge in [0.05, 0.1) is 0 Å². The summed E-state index contributed by atoms with van der Waals surface area (Å²) in [6.07, 6.45) is 3.82. The molecule has 1 rings (SSSR count). The van der Waals surface area contributed by atoms with Gasteiger partial charge in [-0.1, -0.05) is 12.5 Å². The van der Waals surface area contributed by atoms with Crippen molar-refractivity contribution in [1.29, 1.82) is 0 Å². The van der Waals surface area contributed by atoms with Crippen LogP contribution >= 0.6 is 0 Å². The van der Waals surface area contributed by atoms with Crippen molar-refractivity contribution in [2.75, 3.05) is 6.54 Å². The van der Waals surface area contributed by atoms with Crippen molar-refractivity contribution in [3.63, 3.8) is 0 Å². The fraction of sp³-hybridized carbons (Fsp3) is 0.800. The summed E-state index contributed by atoms with van der Waals surface area (Å²) in [5, 5.41) is 3.52. The highest BCUT2D eigenvalue weighted by atomic mass is 14.9. The van der Waals surface area contributed by atoms with Gasteiger partial charge in [0.1, 0.15) is 0 Å². The van der Waals surface area contributed by atoms with Gasteiger partial charge in [-0.15, -0.1) is 6.58 Å². The lowest BCUT2D eigenvalue weighted by Crippen LogP contribution is -2.37. The lowest BCUT2D eigenvalue weighted by atomic mass is 9.91. The van der Waals surface area contributed by atoms with Gasteiger partial charge in [-0.25, -0.2) is 0 Å². The van der Waals surface area contributed by atoms with Crippen molar-refractivity contribution in [3.05, 3.63) is 12.2 Å². The van der Waals surface area contributed by atoms with E-state index >= 15 is 0 Å². The summed E-state index contributed by atoms with van der Waals surface area (Å²) < 4.78 is 0. The number of hydrogen-bond acceptors (Lipinski definition) is 1. The molecule has 0 aromatic rings. The van der Waals surface area contributed by atoms with E-state index in [9.17, 15) is 0 Å². The molecule has 0 aromatic heterocycles. The molecule has 1 heterocycles. The maximum absolute atomic E-state index is 3.93. The summed E-state index contributed by atoms with van der Waals surface area (Å²) in [6.45, 7) is 9.58. The van der Waals surface area contributed by atoms with E-state index < -0.39 is 0 Å². The lowest BCUT2D eigenvalue weighted by Gasteiger charge is -2.28. The van der Waals surface area contributed by atoms with Gasteiger partial charge in [-0.05, 0) is 38.6 Å². The molecule has 1 aliphatic rings. The molecule has 0 amide bonds. The molecule has 1 aliphatic heterocycles. The number of nitrogens with one attached hydrogen (secondary N) is 1. The van der Waals surface area contributed by atoms with Crippen LogP contribution in [0.3, 0.4) is 0 Å². The van der Waals surface area contributed by atoms with Crippen LogP contribution in [-0.4, -0.2) is 12.6 Å². The standard InChI is InChI=1S/C10H19N/c1-8(2)6-10-7-9(3)4-5-11-10/h9-11H,1,4-7H2,2-3H3. The van der Waals surface area contributed by atoms with Gasteiger partial charge in [-0.3, -0.25) is 0 Å². The van der Waals surface area contributed by atoms with E-state index in [4.69, 9.17) is 0 Å². The van der Waals surface area contributed by atoms with Crippen LogP contribution in [-0.2, 0) is 0 Å². The van der Waals surface area contributed by atoms with Gasteiger partial charge in [0.25, 0.3) is 0 Å². The molecule has 0 spiro atoms. The van der Waals surface area contributed by atoms with Crippen molar-refractivity contribution in [2.45, 2.75) is 39.2 Å². The van der Waals surface area contributed by atoms with E-state index in [2.05, 4.69) is 25.7 Å². The van der Waals surface area contributed by atoms with E-state index in [1.165, 1.54) is 25.0 Å². The highest BCUT2D eigenvalue weighted by Gasteiger charge is 2.17. The Morgan fingerprint density at radius 2 is 2.36 bits per heavy atom. The first-order valence-electron chi connectivity index (χ1n) is 4.56. The molecule has 2 atom stereocenters. The topological polar surface area (TPSA) is 12.0 Å². The fourth-order valence-electron chi connectivity index (χ4n) is 1.80. The Morgan fingerprint density at radius 3 is 2.91 bits per heavy atom. The summed E-state index contributed by atoms with van der Waals surface area (Å²) in [4.78, 5) is 0. The molecular weight excluding hydrogens is 134 g/mol. The van der Waals surface area contributed by atoms with Crippen molar-refractivity contribution in [3.8, 4) is 0 Å². The first kappa shape index (κ1) is 8.79. The second kappa shape index (κ2) is 3.91. The molecule has 1 fully saturated rings. The summed E-state index contributed by atoms with van der Waals surface area (Å²) >= 11 is 0. The molecule has 1 nitrogen and oxygen atoms in total. The van der Waals surface area contributed by atoms with Crippen LogP contribution in [0.15, 0.2) is 12.2 Å². The highest BCUT2D eigenvalue weighted by molar-refractivity contribution is 4.94. The largest absolute Gasteiger partial charge is 0.314 e. The minimum atomic E-state index is 0.705. The van der Waals surface area contributed by atoms with Gasteiger partial charge in [0.15, 0.2) is 0 Å². The zero-order valence-corrected chi connectivity index (χ0v) is 7.69. The Hall–Kier alpha value is -0.300. The first-order chi connectivity index (χ1) is 5.18. The van der Waals surface area contributed by atoms with E-state index in [0.717, 1.165) is 12.3 Å². The van der Waals surface area contributed by atoms with Crippen molar-refractivity contribution < 1.29 is 0 Å². The van der Waals surface area contributed by atoms with Crippen LogP contribution in [0.5, 0.6) is 0 Å². The molecule has 1 saturated heterocycles. The number of piperidine rings is 1. The van der Waals surface area contributed by atoms with Gasteiger partial charge < -0.3 is 5.32 Å². The molecular formula is C10H19N. The van der Waals surface area contributed by atoms with Gasteiger partial charge in [0, 0.05) is 6.04 Å². The maximum Gasteiger partial charge on any atom is 0.0107 e. The first-order valence-corrected chi connectivity index (χ1v) is 4.56. The zero-order chi connectivity index (χ0) is 8.27. The van der Waals surface area contributed by atoms with E-state index in [-0.39, 0.29) is 0 Å². The molecule has 0 radical (unpaired) electrons. The molecule has 1 N–H and O–H groups in total. The summed E-state index contributed by atoms with van der Waals surface area (Å²) in [7, 11) is 0. The molecule has 64 valence electrons. The quantitative estimate of drug-likeness (QED) is 0.600. The molecule has 0 bridgehead atoms. The van der Waals surface area contributed by atoms with Crippen LogP contribution in [0.4, 0.5) is 0 Å². The maximum atomic E-state index is 3.93. The zero-order valence-electron chi connectivity index (χ0n) is 7.69. The predicted octanol–water partition coefficient (Wildman–Crippen LogP) is 2.34. The normalized spacial score (nSPS) is 31.8. The Morgan fingerprint density at radius 1 is 1.64 bits per heavy atom. The second-order valence-electron chi connectivity index (χ2n) is 3.94. The van der Waals surface area contributed by atoms with Crippen LogP contribution < -0.4 is 5.32 Å². The van der Waals surface area contributed by atoms with E-state index in [1.807, 2.05) is 0 Å². The molecule has 0 aliphatic carbocycles. The van der Waals surface area contributed by atoms with E-state index in [1.54, 1.807) is 0 Å². The summed E-state index contributed by atoms with van der Waals surface area (Å²) in [5.74, 6) is 0.903. The van der Waals surface area contributed by atoms with Crippen LogP contribution in [0.2, 0.25) is 0 Å². The highest BCUT2D eigenvalue weighted by Crippen LogP contribution is 2.18. The molecule has 11 heavy (non-hydrogen) atoms. The van der Waals surface area contributed by atoms with Crippen LogP contribution in [0, 0.1) is 5.92 Å². The Balaban J connectivity index is 2.28. The Labute approximate surface area is 69.9 Å². The Bertz CT molecular complexity index is 140. The fourth-order valence-corrected chi connectivity index (χ4v) is 1.80. The molecule has 2 unspecified atom stereocenters. The van der Waals surface area contributed by atoms with Gasteiger partial charge >= 0.3 is 0 Å². The molecule has 0 aromatic carbocycles. The van der Waals surface area contributed by atoms with Crippen molar-refractivity contribution >= 4 is 0 Å². The average molecular weight is 153 g/mol. The van der Waals surface area contributed by atoms with Gasteiger partial charge in [-0.2, -0.15) is 0 Å². The second-order valence-corrected chi connectivity index (χ2v) is 3.94. The summed E-state index contributed by atoms with van der Waals surface area (Å²) in [5.41, 5.74) is 1.30. The van der Waals surface area contributed by atoms with Crippen LogP contribution in [0.25, 0.3) is 0 Å². The predicted molar refractivity (Wildman–Crippen MR) is 49.6 cm³/mol. The average Bonchev–Trinajstić information content (AvgIpc) is 1.85. The summed E-state index contributed by atoms with van der Waals surface area (Å²) in [6, 6.07) is 0.705. The molecule has 0 saturated carbocycles. The van der Waals surface area contributed by atoms with Crippen molar-refractivity contribution in [2.24, 2.45) is 5.92 Å². The number of hydrogen-bond donors (Lipinski definition) is 1. The third-order valence-electron chi connectivity index (χ3n) is 2.35. The Kier molecular flexibility index (Phi) is 3.13. The third-order valence-corrected chi connectivity index (χ3v) is 2.35. The minimum Gasteiger partial charge on any atom is -0.314 e. The SMILES string of the molecule is C=C(C)CC1CC(C)CCN1. The van der Waals surface area contributed by atoms with Crippen LogP contribution in [0.1, 0.15) is 33.1 Å². The monoisotopic (exact) mass is 153 g/mol. The lowest BCUT2D eigenvalue weighted by molar-refractivity contribution is 0.318. The van der Waals surface area contributed by atoms with Crippen molar-refractivity contribution in [1.82, 2.24) is 5.32 Å². The third kappa shape index (κ3) is 3.06. The van der Waals surface area contributed by atoms with Gasteiger partial charge in [0.2, 0.25) is 0 Å². The minimum absolute atomic E-state index is 0.705. The smallest absolute Gasteiger partial charge is 0.0107 e. The van der Waals surface area contributed by atoms with E-state index in [0.29, 0.717) is 6.04 Å². The molecule has 1 heteroatoms. The number of rotatable bonds is 2.